The number of imidazole rings is 1. The van der Waals surface area contributed by atoms with Gasteiger partial charge in [0.2, 0.25) is 0 Å². The number of hydrogen-bond donors (Lipinski definition) is 1. The summed E-state index contributed by atoms with van der Waals surface area (Å²) in [5, 5.41) is 17.9. The summed E-state index contributed by atoms with van der Waals surface area (Å²) in [6, 6.07) is 9.83. The molecule has 1 heterocycles. The van der Waals surface area contributed by atoms with Gasteiger partial charge < -0.3 is 19.5 Å². The number of benzene rings is 1. The Morgan fingerprint density at radius 2 is 1.86 bits per heavy atom. The van der Waals surface area contributed by atoms with Gasteiger partial charge in [0.05, 0.1) is 30.5 Å². The van der Waals surface area contributed by atoms with Crippen LogP contribution in [0.25, 0.3) is 6.08 Å². The largest absolute Gasteiger partial charge is 1.00 e. The van der Waals surface area contributed by atoms with Gasteiger partial charge in [0.1, 0.15) is 5.82 Å². The van der Waals surface area contributed by atoms with E-state index in [-0.39, 0.29) is 48.3 Å². The Morgan fingerprint density at radius 1 is 1.25 bits per heavy atom. The molecule has 0 spiro atoms. The minimum absolute atomic E-state index is 0. The van der Waals surface area contributed by atoms with Crippen LogP contribution in [0, 0.1) is 6.92 Å². The van der Waals surface area contributed by atoms with Crippen LogP contribution in [0.15, 0.2) is 42.1 Å². The van der Waals surface area contributed by atoms with E-state index in [9.17, 15) is 9.59 Å². The molecule has 1 aromatic carbocycles. The number of aliphatic carboxylic acids is 1. The van der Waals surface area contributed by atoms with E-state index in [0.717, 1.165) is 11.4 Å². The molecular weight excluding hydrogens is 371 g/mol. The van der Waals surface area contributed by atoms with E-state index in [0.29, 0.717) is 12.2 Å². The molecule has 2 aromatic rings. The van der Waals surface area contributed by atoms with Crippen molar-refractivity contribution in [3.05, 3.63) is 59.2 Å². The molecule has 146 valence electrons. The van der Waals surface area contributed by atoms with E-state index in [1.54, 1.807) is 20.0 Å². The van der Waals surface area contributed by atoms with Crippen LogP contribution in [-0.2, 0) is 20.9 Å². The summed E-state index contributed by atoms with van der Waals surface area (Å²) in [5.74, 6) is -0.922. The maximum absolute atomic E-state index is 12.0. The van der Waals surface area contributed by atoms with Crippen LogP contribution in [0.3, 0.4) is 0 Å². The number of ether oxygens (including phenoxy) is 1. The standard InChI is InChI=1S/C18H20N2O4.C2H5O.Na/c1-3-24-18(23)15(10-17(21)22)9-16-11-19-13(2)20(16)12-14-7-5-4-6-8-14;1-2-3;/h4-9,11H,3,10,12H2,1-2H3,(H,21,22);2H2,1H3;/q;-1;+1/b15-9+;;. The quantitative estimate of drug-likeness (QED) is 0.367. The molecule has 0 unspecified atom stereocenters. The smallest absolute Gasteiger partial charge is 0.855 e. The molecule has 1 N–H and O–H groups in total. The minimum atomic E-state index is -1.08. The molecule has 0 fully saturated rings. The van der Waals surface area contributed by atoms with Crippen LogP contribution in [0.1, 0.15) is 37.4 Å². The number of esters is 1. The van der Waals surface area contributed by atoms with Gasteiger partial charge in [0.25, 0.3) is 0 Å². The zero-order valence-corrected chi connectivity index (χ0v) is 18.8. The second kappa shape index (κ2) is 14.1. The van der Waals surface area contributed by atoms with Gasteiger partial charge in [-0.05, 0) is 25.5 Å². The fraction of sp³-hybridized carbons (Fsp3) is 0.350. The first-order valence-corrected chi connectivity index (χ1v) is 8.66. The van der Waals surface area contributed by atoms with E-state index in [1.165, 1.54) is 6.08 Å². The van der Waals surface area contributed by atoms with Crippen molar-refractivity contribution >= 4 is 18.0 Å². The molecule has 0 aliphatic carbocycles. The third-order valence-electron chi connectivity index (χ3n) is 3.47. The molecule has 0 aliphatic heterocycles. The SMILES string of the molecule is CCOC(=O)/C(=C/c1cnc(C)n1Cc1ccccc1)CC(=O)O.CC[O-].[Na+]. The van der Waals surface area contributed by atoms with Crippen LogP contribution in [0.5, 0.6) is 0 Å². The van der Waals surface area contributed by atoms with Crippen molar-refractivity contribution in [1.29, 1.82) is 0 Å². The number of carbonyl (C=O) groups is 2. The predicted octanol–water partition coefficient (Wildman–Crippen LogP) is -0.968. The fourth-order valence-electron chi connectivity index (χ4n) is 2.32. The van der Waals surface area contributed by atoms with E-state index < -0.39 is 18.4 Å². The van der Waals surface area contributed by atoms with Gasteiger partial charge >= 0.3 is 41.5 Å². The van der Waals surface area contributed by atoms with Gasteiger partial charge in [-0.3, -0.25) is 4.79 Å². The van der Waals surface area contributed by atoms with Crippen molar-refractivity contribution < 1.29 is 54.1 Å². The van der Waals surface area contributed by atoms with Crippen molar-refractivity contribution in [1.82, 2.24) is 9.55 Å². The Morgan fingerprint density at radius 3 is 2.39 bits per heavy atom. The molecule has 1 aromatic heterocycles. The number of carbonyl (C=O) groups excluding carboxylic acids is 1. The van der Waals surface area contributed by atoms with Crippen molar-refractivity contribution in [3.8, 4) is 0 Å². The van der Waals surface area contributed by atoms with Crippen LogP contribution in [-0.4, -0.2) is 39.8 Å². The normalized spacial score (nSPS) is 10.4. The van der Waals surface area contributed by atoms with Crippen molar-refractivity contribution in [2.75, 3.05) is 13.2 Å². The maximum atomic E-state index is 12.0. The number of rotatable bonds is 7. The summed E-state index contributed by atoms with van der Waals surface area (Å²) in [6.07, 6.45) is 2.77. The van der Waals surface area contributed by atoms with Crippen molar-refractivity contribution in [2.45, 2.75) is 33.7 Å². The Bertz CT molecular complexity index is 772. The van der Waals surface area contributed by atoms with E-state index in [2.05, 4.69) is 4.98 Å². The van der Waals surface area contributed by atoms with Crippen molar-refractivity contribution in [3.63, 3.8) is 0 Å². The minimum Gasteiger partial charge on any atom is -0.855 e. The third-order valence-corrected chi connectivity index (χ3v) is 3.47. The Balaban J connectivity index is 0.00000171. The Labute approximate surface area is 187 Å². The number of carboxylic acid groups (broad SMARTS) is 1. The molecule has 0 atom stereocenters. The summed E-state index contributed by atoms with van der Waals surface area (Å²) >= 11 is 0. The first-order valence-electron chi connectivity index (χ1n) is 8.66. The molecule has 0 amide bonds. The molecule has 0 radical (unpaired) electrons. The molecule has 0 aliphatic rings. The van der Waals surface area contributed by atoms with Gasteiger partial charge in [-0.2, -0.15) is 0 Å². The molecule has 0 saturated heterocycles. The molecule has 0 bridgehead atoms. The monoisotopic (exact) mass is 396 g/mol. The average molecular weight is 396 g/mol. The first kappa shape index (κ1) is 26.1. The Kier molecular flexibility index (Phi) is 13.1. The van der Waals surface area contributed by atoms with Gasteiger partial charge in [-0.15, -0.1) is 6.61 Å². The van der Waals surface area contributed by atoms with E-state index in [4.69, 9.17) is 14.9 Å². The average Bonchev–Trinajstić information content (AvgIpc) is 2.96. The van der Waals surface area contributed by atoms with Gasteiger partial charge in [-0.1, -0.05) is 37.3 Å². The topological polar surface area (TPSA) is 104 Å². The number of aryl methyl sites for hydroxylation is 1. The second-order valence-corrected chi connectivity index (χ2v) is 5.55. The van der Waals surface area contributed by atoms with Gasteiger partial charge in [0, 0.05) is 6.54 Å². The van der Waals surface area contributed by atoms with E-state index in [1.807, 2.05) is 41.8 Å². The molecule has 28 heavy (non-hydrogen) atoms. The summed E-state index contributed by atoms with van der Waals surface area (Å²) < 4.78 is 6.87. The van der Waals surface area contributed by atoms with Crippen molar-refractivity contribution in [2.24, 2.45) is 0 Å². The predicted molar refractivity (Wildman–Crippen MR) is 99.9 cm³/mol. The first-order chi connectivity index (χ1) is 12.9. The van der Waals surface area contributed by atoms with Crippen LogP contribution >= 0.6 is 0 Å². The van der Waals surface area contributed by atoms with Crippen LogP contribution in [0.2, 0.25) is 0 Å². The number of hydrogen-bond acceptors (Lipinski definition) is 5. The van der Waals surface area contributed by atoms with Gasteiger partial charge in [0.15, 0.2) is 0 Å². The van der Waals surface area contributed by atoms with Crippen LogP contribution in [0.4, 0.5) is 0 Å². The number of aromatic nitrogens is 2. The van der Waals surface area contributed by atoms with E-state index >= 15 is 0 Å². The second-order valence-electron chi connectivity index (χ2n) is 5.55. The summed E-state index contributed by atoms with van der Waals surface area (Å²) in [7, 11) is 0. The summed E-state index contributed by atoms with van der Waals surface area (Å²) in [4.78, 5) is 27.3. The molecule has 2 rings (SSSR count). The summed E-state index contributed by atoms with van der Waals surface area (Å²) in [5.41, 5.74) is 1.85. The molecule has 8 heteroatoms. The number of nitrogens with zero attached hydrogens (tertiary/aromatic N) is 2. The molecule has 7 nitrogen and oxygen atoms in total. The fourth-order valence-corrected chi connectivity index (χ4v) is 2.32. The molecular formula is C20H25N2NaO5. The molecule has 0 saturated carbocycles. The van der Waals surface area contributed by atoms with Gasteiger partial charge in [-0.25, -0.2) is 9.78 Å². The summed E-state index contributed by atoms with van der Waals surface area (Å²) in [6.45, 7) is 5.89. The zero-order chi connectivity index (χ0) is 20.2. The number of carboxylic acids is 1. The third kappa shape index (κ3) is 8.84. The maximum Gasteiger partial charge on any atom is 1.00 e. The Hall–Kier alpha value is -1.93. The zero-order valence-electron chi connectivity index (χ0n) is 16.8. The van der Waals surface area contributed by atoms with Crippen LogP contribution < -0.4 is 34.7 Å².